The lowest BCUT2D eigenvalue weighted by Gasteiger charge is -2.42. The Kier molecular flexibility index (Phi) is 3.87. The Morgan fingerprint density at radius 1 is 1.29 bits per heavy atom. The Morgan fingerprint density at radius 2 is 2.11 bits per heavy atom. The summed E-state index contributed by atoms with van der Waals surface area (Å²) in [6.07, 6.45) is 6.54. The van der Waals surface area contributed by atoms with Gasteiger partial charge in [0, 0.05) is 31.0 Å². The fraction of sp³-hybridized carbons (Fsp3) is 0.409. The topological polar surface area (TPSA) is 63.2 Å². The van der Waals surface area contributed by atoms with Gasteiger partial charge in [-0.1, -0.05) is 12.1 Å². The van der Waals surface area contributed by atoms with Gasteiger partial charge in [0.05, 0.1) is 11.5 Å². The highest BCUT2D eigenvalue weighted by molar-refractivity contribution is 5.54. The van der Waals surface area contributed by atoms with Crippen molar-refractivity contribution in [2.24, 2.45) is 5.92 Å². The first-order valence-electron chi connectivity index (χ1n) is 9.75. The smallest absolute Gasteiger partial charge is 0.167 e. The van der Waals surface area contributed by atoms with Gasteiger partial charge in [0.15, 0.2) is 5.65 Å². The Labute approximate surface area is 162 Å². The third-order valence-electron chi connectivity index (χ3n) is 6.05. The third kappa shape index (κ3) is 2.82. The van der Waals surface area contributed by atoms with E-state index in [1.807, 2.05) is 29.7 Å². The average Bonchev–Trinajstić information content (AvgIpc) is 3.38. The standard InChI is InChI=1S/C22H21FN4O/c1-14-19(7-8-27-20(9-15-5-6-15)25-26-21(14)27)28-18-11-22(12-18,13-24)16-3-2-4-17(23)10-16/h2-4,7-8,10,15,18H,5-6,9,11-12H2,1H3. The Balaban J connectivity index is 1.34. The van der Waals surface area contributed by atoms with Crippen molar-refractivity contribution in [3.8, 4) is 11.8 Å². The molecule has 2 aliphatic carbocycles. The van der Waals surface area contributed by atoms with Crippen molar-refractivity contribution >= 4 is 5.65 Å². The molecule has 5 rings (SSSR count). The number of nitrogens with zero attached hydrogens (tertiary/aromatic N) is 4. The second-order valence-corrected chi connectivity index (χ2v) is 8.11. The number of halogens is 1. The van der Waals surface area contributed by atoms with Gasteiger partial charge in [-0.25, -0.2) is 4.39 Å². The second kappa shape index (κ2) is 6.30. The first-order chi connectivity index (χ1) is 13.6. The Morgan fingerprint density at radius 3 is 2.82 bits per heavy atom. The number of hydrogen-bond acceptors (Lipinski definition) is 4. The molecule has 0 spiro atoms. The molecule has 142 valence electrons. The van der Waals surface area contributed by atoms with Crippen LogP contribution in [0, 0.1) is 30.0 Å². The number of aryl methyl sites for hydroxylation is 1. The zero-order valence-corrected chi connectivity index (χ0v) is 15.7. The molecule has 0 N–H and O–H groups in total. The van der Waals surface area contributed by atoms with Crippen LogP contribution in [0.4, 0.5) is 4.39 Å². The lowest BCUT2D eigenvalue weighted by Crippen LogP contribution is -2.46. The number of hydrogen-bond donors (Lipinski definition) is 0. The van der Waals surface area contributed by atoms with Crippen LogP contribution in [0.1, 0.15) is 42.6 Å². The van der Waals surface area contributed by atoms with Crippen molar-refractivity contribution in [2.75, 3.05) is 0 Å². The minimum Gasteiger partial charge on any atom is -0.490 e. The maximum absolute atomic E-state index is 13.6. The number of benzene rings is 1. The molecule has 3 aromatic rings. The summed E-state index contributed by atoms with van der Waals surface area (Å²) in [5, 5.41) is 18.4. The van der Waals surface area contributed by atoms with Crippen LogP contribution in [-0.4, -0.2) is 20.7 Å². The van der Waals surface area contributed by atoms with E-state index >= 15 is 0 Å². The van der Waals surface area contributed by atoms with Crippen LogP contribution < -0.4 is 4.74 Å². The number of aromatic nitrogens is 3. The zero-order valence-electron chi connectivity index (χ0n) is 15.7. The van der Waals surface area contributed by atoms with Crippen LogP contribution in [0.5, 0.6) is 5.75 Å². The molecular formula is C22H21FN4O. The molecule has 5 nitrogen and oxygen atoms in total. The minimum atomic E-state index is -0.670. The number of fused-ring (bicyclic) bond motifs is 1. The van der Waals surface area contributed by atoms with Crippen LogP contribution in [0.3, 0.4) is 0 Å². The van der Waals surface area contributed by atoms with E-state index in [1.165, 1.54) is 25.0 Å². The lowest BCUT2D eigenvalue weighted by atomic mass is 9.63. The van der Waals surface area contributed by atoms with Crippen LogP contribution in [0.15, 0.2) is 36.5 Å². The van der Waals surface area contributed by atoms with Crippen LogP contribution >= 0.6 is 0 Å². The average molecular weight is 376 g/mol. The minimum absolute atomic E-state index is 0.0714. The summed E-state index contributed by atoms with van der Waals surface area (Å²) in [5.74, 6) is 2.21. The van der Waals surface area contributed by atoms with Gasteiger partial charge in [-0.05, 0) is 49.4 Å². The molecule has 2 aromatic heterocycles. The van der Waals surface area contributed by atoms with Crippen molar-refractivity contribution in [2.45, 2.75) is 50.5 Å². The van der Waals surface area contributed by atoms with Crippen molar-refractivity contribution in [3.63, 3.8) is 0 Å². The molecule has 2 fully saturated rings. The SMILES string of the molecule is Cc1c(OC2CC(C#N)(c3cccc(F)c3)C2)ccn2c(CC3CC3)nnc12. The lowest BCUT2D eigenvalue weighted by molar-refractivity contribution is 0.0661. The van der Waals surface area contributed by atoms with Crippen LogP contribution in [0.25, 0.3) is 5.65 Å². The molecule has 0 aliphatic heterocycles. The highest BCUT2D eigenvalue weighted by atomic mass is 19.1. The van der Waals surface area contributed by atoms with Gasteiger partial charge in [-0.3, -0.25) is 4.40 Å². The zero-order chi connectivity index (χ0) is 19.3. The van der Waals surface area contributed by atoms with E-state index in [1.54, 1.807) is 6.07 Å². The maximum Gasteiger partial charge on any atom is 0.167 e. The van der Waals surface area contributed by atoms with E-state index in [0.717, 1.165) is 40.7 Å². The summed E-state index contributed by atoms with van der Waals surface area (Å²) in [6.45, 7) is 1.99. The summed E-state index contributed by atoms with van der Waals surface area (Å²) in [6, 6.07) is 10.6. The third-order valence-corrected chi connectivity index (χ3v) is 6.05. The second-order valence-electron chi connectivity index (χ2n) is 8.11. The maximum atomic E-state index is 13.6. The summed E-state index contributed by atoms with van der Waals surface area (Å²) < 4.78 is 21.8. The molecule has 2 saturated carbocycles. The molecule has 0 bridgehead atoms. The van der Waals surface area contributed by atoms with E-state index in [4.69, 9.17) is 4.74 Å². The Bertz CT molecular complexity index is 1090. The highest BCUT2D eigenvalue weighted by Gasteiger charge is 2.48. The number of nitriles is 1. The molecule has 0 unspecified atom stereocenters. The van der Waals surface area contributed by atoms with Gasteiger partial charge < -0.3 is 4.74 Å². The van der Waals surface area contributed by atoms with Gasteiger partial charge in [0.25, 0.3) is 0 Å². The van der Waals surface area contributed by atoms with Crippen LogP contribution in [-0.2, 0) is 11.8 Å². The predicted molar refractivity (Wildman–Crippen MR) is 101 cm³/mol. The first kappa shape index (κ1) is 17.2. The fourth-order valence-electron chi connectivity index (χ4n) is 4.12. The largest absolute Gasteiger partial charge is 0.490 e. The quantitative estimate of drug-likeness (QED) is 0.672. The molecule has 2 heterocycles. The molecule has 1 aromatic carbocycles. The van der Waals surface area contributed by atoms with Gasteiger partial charge in [-0.15, -0.1) is 10.2 Å². The van der Waals surface area contributed by atoms with E-state index < -0.39 is 5.41 Å². The fourth-order valence-corrected chi connectivity index (χ4v) is 4.12. The van der Waals surface area contributed by atoms with Gasteiger partial charge in [0.1, 0.15) is 23.5 Å². The van der Waals surface area contributed by atoms with Crippen molar-refractivity contribution in [3.05, 3.63) is 59.3 Å². The molecule has 0 amide bonds. The predicted octanol–water partition coefficient (Wildman–Crippen LogP) is 4.13. The van der Waals surface area contributed by atoms with E-state index in [0.29, 0.717) is 12.8 Å². The van der Waals surface area contributed by atoms with E-state index in [9.17, 15) is 9.65 Å². The monoisotopic (exact) mass is 376 g/mol. The van der Waals surface area contributed by atoms with Crippen molar-refractivity contribution in [1.82, 2.24) is 14.6 Å². The van der Waals surface area contributed by atoms with Gasteiger partial charge in [-0.2, -0.15) is 5.26 Å². The van der Waals surface area contributed by atoms with Gasteiger partial charge in [0.2, 0.25) is 0 Å². The van der Waals surface area contributed by atoms with E-state index in [2.05, 4.69) is 16.3 Å². The number of ether oxygens (including phenoxy) is 1. The number of rotatable bonds is 5. The van der Waals surface area contributed by atoms with E-state index in [-0.39, 0.29) is 11.9 Å². The van der Waals surface area contributed by atoms with Crippen molar-refractivity contribution in [1.29, 1.82) is 5.26 Å². The van der Waals surface area contributed by atoms with Crippen molar-refractivity contribution < 1.29 is 9.13 Å². The molecule has 6 heteroatoms. The molecule has 0 atom stereocenters. The molecular weight excluding hydrogens is 355 g/mol. The summed E-state index contributed by atoms with van der Waals surface area (Å²) in [5.41, 5.74) is 1.84. The molecule has 28 heavy (non-hydrogen) atoms. The number of pyridine rings is 1. The van der Waals surface area contributed by atoms with Crippen LogP contribution in [0.2, 0.25) is 0 Å². The summed E-state index contributed by atoms with van der Waals surface area (Å²) in [7, 11) is 0. The summed E-state index contributed by atoms with van der Waals surface area (Å²) >= 11 is 0. The normalized spacial score (nSPS) is 24.0. The first-order valence-corrected chi connectivity index (χ1v) is 9.75. The van der Waals surface area contributed by atoms with Gasteiger partial charge >= 0.3 is 0 Å². The molecule has 0 saturated heterocycles. The molecule has 0 radical (unpaired) electrons. The highest BCUT2D eigenvalue weighted by Crippen LogP contribution is 2.45. The molecule has 2 aliphatic rings. The Hall–Kier alpha value is -2.94. The summed E-state index contributed by atoms with van der Waals surface area (Å²) in [4.78, 5) is 0.